The number of carbonyl (C=O) groups is 1. The zero-order valence-corrected chi connectivity index (χ0v) is 7.00. The Morgan fingerprint density at radius 3 is 2.82 bits per heavy atom. The highest BCUT2D eigenvalue weighted by molar-refractivity contribution is 5.79. The fourth-order valence-electron chi connectivity index (χ4n) is 0.573. The smallest absolute Gasteiger partial charge is 0.328 e. The first-order chi connectivity index (χ1) is 5.16. The zero-order valence-electron chi connectivity index (χ0n) is 7.00. The van der Waals surface area contributed by atoms with E-state index in [1.165, 1.54) is 0 Å². The fourth-order valence-corrected chi connectivity index (χ4v) is 0.573. The summed E-state index contributed by atoms with van der Waals surface area (Å²) in [6.45, 7) is 4.77. The van der Waals surface area contributed by atoms with Gasteiger partial charge in [-0.15, -0.1) is 0 Å². The van der Waals surface area contributed by atoms with Gasteiger partial charge in [0.05, 0.1) is 0 Å². The molecule has 0 saturated carbocycles. The lowest BCUT2D eigenvalue weighted by Crippen LogP contribution is -2.25. The average Bonchev–Trinajstić information content (AvgIpc) is 1.97. The number of rotatable bonds is 5. The molecule has 0 rings (SSSR count). The van der Waals surface area contributed by atoms with Gasteiger partial charge >= 0.3 is 5.97 Å². The lowest BCUT2D eigenvalue weighted by atomic mass is 10.2. The van der Waals surface area contributed by atoms with Crippen molar-refractivity contribution in [3.8, 4) is 0 Å². The van der Waals surface area contributed by atoms with Gasteiger partial charge in [0.2, 0.25) is 0 Å². The summed E-state index contributed by atoms with van der Waals surface area (Å²) in [5.41, 5.74) is 0. The predicted octanol–water partition coefficient (Wildman–Crippen LogP) is 1.02. The molecule has 0 heterocycles. The lowest BCUT2D eigenvalue weighted by Gasteiger charge is -2.07. The van der Waals surface area contributed by atoms with Crippen LogP contribution in [-0.2, 0) is 4.79 Å². The van der Waals surface area contributed by atoms with E-state index >= 15 is 0 Å². The second-order valence-electron chi connectivity index (χ2n) is 2.46. The van der Waals surface area contributed by atoms with Crippen LogP contribution in [0.25, 0.3) is 0 Å². The van der Waals surface area contributed by atoms with Crippen LogP contribution >= 0.6 is 0 Å². The molecule has 11 heavy (non-hydrogen) atoms. The van der Waals surface area contributed by atoms with Gasteiger partial charge in [-0.2, -0.15) is 0 Å². The molecule has 1 atom stereocenters. The Labute approximate surface area is 67.1 Å². The van der Waals surface area contributed by atoms with Crippen LogP contribution in [0.15, 0.2) is 12.2 Å². The minimum atomic E-state index is -0.893. The van der Waals surface area contributed by atoms with Crippen LogP contribution in [-0.4, -0.2) is 23.7 Å². The number of aliphatic carboxylic acids is 1. The molecule has 64 valence electrons. The third-order valence-electron chi connectivity index (χ3n) is 1.46. The average molecular weight is 157 g/mol. The van der Waals surface area contributed by atoms with Crippen molar-refractivity contribution >= 4 is 5.97 Å². The van der Waals surface area contributed by atoms with Crippen molar-refractivity contribution in [3.05, 3.63) is 12.2 Å². The number of hydrogen-bond acceptors (Lipinski definition) is 2. The fraction of sp³-hybridized carbons (Fsp3) is 0.625. The maximum atomic E-state index is 10.00. The monoisotopic (exact) mass is 157 g/mol. The van der Waals surface area contributed by atoms with Crippen LogP contribution in [0.5, 0.6) is 0 Å². The topological polar surface area (TPSA) is 49.3 Å². The second-order valence-corrected chi connectivity index (χ2v) is 2.46. The first-order valence-corrected chi connectivity index (χ1v) is 3.79. The summed E-state index contributed by atoms with van der Waals surface area (Å²) in [7, 11) is 0. The highest BCUT2D eigenvalue weighted by atomic mass is 16.4. The SMILES string of the molecule is CCC(C)NC/C=C/C(=O)O. The van der Waals surface area contributed by atoms with Crippen molar-refractivity contribution in [2.24, 2.45) is 0 Å². The zero-order chi connectivity index (χ0) is 8.69. The lowest BCUT2D eigenvalue weighted by molar-refractivity contribution is -0.131. The van der Waals surface area contributed by atoms with E-state index in [0.717, 1.165) is 12.5 Å². The molecule has 0 aromatic carbocycles. The minimum absolute atomic E-state index is 0.452. The third-order valence-corrected chi connectivity index (χ3v) is 1.46. The van der Waals surface area contributed by atoms with Gasteiger partial charge in [-0.3, -0.25) is 0 Å². The van der Waals surface area contributed by atoms with Crippen LogP contribution < -0.4 is 5.32 Å². The Bertz CT molecular complexity index is 143. The molecule has 0 aliphatic heterocycles. The Kier molecular flexibility index (Phi) is 5.47. The summed E-state index contributed by atoms with van der Waals surface area (Å²) < 4.78 is 0. The van der Waals surface area contributed by atoms with Crippen LogP contribution in [0.1, 0.15) is 20.3 Å². The van der Waals surface area contributed by atoms with Crippen molar-refractivity contribution in [1.29, 1.82) is 0 Å². The van der Waals surface area contributed by atoms with E-state index in [9.17, 15) is 4.79 Å². The van der Waals surface area contributed by atoms with Crippen molar-refractivity contribution in [3.63, 3.8) is 0 Å². The third kappa shape index (κ3) is 7.06. The van der Waals surface area contributed by atoms with E-state index in [1.54, 1.807) is 6.08 Å². The van der Waals surface area contributed by atoms with Gasteiger partial charge < -0.3 is 10.4 Å². The molecule has 0 fully saturated rings. The van der Waals surface area contributed by atoms with Crippen molar-refractivity contribution in [2.75, 3.05) is 6.54 Å². The molecular formula is C8H15NO2. The van der Waals surface area contributed by atoms with E-state index in [4.69, 9.17) is 5.11 Å². The highest BCUT2D eigenvalue weighted by Gasteiger charge is 1.93. The predicted molar refractivity (Wildman–Crippen MR) is 44.5 cm³/mol. The molecule has 0 saturated heterocycles. The Hall–Kier alpha value is -0.830. The van der Waals surface area contributed by atoms with Crippen molar-refractivity contribution < 1.29 is 9.90 Å². The van der Waals surface area contributed by atoms with E-state index in [2.05, 4.69) is 19.2 Å². The summed E-state index contributed by atoms with van der Waals surface area (Å²) in [6, 6.07) is 0.452. The summed E-state index contributed by atoms with van der Waals surface area (Å²) in [4.78, 5) is 10.00. The van der Waals surface area contributed by atoms with E-state index in [1.807, 2.05) is 0 Å². The van der Waals surface area contributed by atoms with Gasteiger partial charge in [-0.25, -0.2) is 4.79 Å². The molecule has 0 aliphatic carbocycles. The Morgan fingerprint density at radius 2 is 2.36 bits per heavy atom. The first kappa shape index (κ1) is 10.2. The highest BCUT2D eigenvalue weighted by Crippen LogP contribution is 1.86. The van der Waals surface area contributed by atoms with Crippen molar-refractivity contribution in [2.45, 2.75) is 26.3 Å². The molecule has 0 amide bonds. The standard InChI is InChI=1S/C8H15NO2/c1-3-7(2)9-6-4-5-8(10)11/h4-5,7,9H,3,6H2,1-2H3,(H,10,11)/b5-4+. The molecule has 3 nitrogen and oxygen atoms in total. The van der Waals surface area contributed by atoms with Crippen LogP contribution in [0, 0.1) is 0 Å². The first-order valence-electron chi connectivity index (χ1n) is 3.79. The molecular weight excluding hydrogens is 142 g/mol. The summed E-state index contributed by atoms with van der Waals surface area (Å²) in [5, 5.41) is 11.4. The Balaban J connectivity index is 3.33. The van der Waals surface area contributed by atoms with Gasteiger partial charge in [-0.1, -0.05) is 13.0 Å². The van der Waals surface area contributed by atoms with E-state index in [0.29, 0.717) is 12.6 Å². The number of carboxylic acid groups (broad SMARTS) is 1. The van der Waals surface area contributed by atoms with Gasteiger partial charge in [0.1, 0.15) is 0 Å². The maximum absolute atomic E-state index is 10.00. The van der Waals surface area contributed by atoms with Crippen molar-refractivity contribution in [1.82, 2.24) is 5.32 Å². The molecule has 2 N–H and O–H groups in total. The maximum Gasteiger partial charge on any atom is 0.328 e. The van der Waals surface area contributed by atoms with E-state index < -0.39 is 5.97 Å². The van der Waals surface area contributed by atoms with Crippen LogP contribution in [0.4, 0.5) is 0 Å². The molecule has 0 radical (unpaired) electrons. The molecule has 1 unspecified atom stereocenters. The number of hydrogen-bond donors (Lipinski definition) is 2. The minimum Gasteiger partial charge on any atom is -0.478 e. The molecule has 0 aliphatic rings. The van der Waals surface area contributed by atoms with Gasteiger partial charge in [-0.05, 0) is 13.3 Å². The van der Waals surface area contributed by atoms with Crippen LogP contribution in [0.3, 0.4) is 0 Å². The Morgan fingerprint density at radius 1 is 1.73 bits per heavy atom. The molecule has 0 bridgehead atoms. The van der Waals surface area contributed by atoms with Gasteiger partial charge in [0.25, 0.3) is 0 Å². The van der Waals surface area contributed by atoms with E-state index in [-0.39, 0.29) is 0 Å². The largest absolute Gasteiger partial charge is 0.478 e. The second kappa shape index (κ2) is 5.92. The normalized spacial score (nSPS) is 13.6. The molecule has 0 aromatic heterocycles. The van der Waals surface area contributed by atoms with Gasteiger partial charge in [0.15, 0.2) is 0 Å². The van der Waals surface area contributed by atoms with Crippen LogP contribution in [0.2, 0.25) is 0 Å². The quantitative estimate of drug-likeness (QED) is 0.586. The summed E-state index contributed by atoms with van der Waals surface area (Å²) in [5.74, 6) is -0.893. The molecule has 0 spiro atoms. The summed E-state index contributed by atoms with van der Waals surface area (Å²) >= 11 is 0. The number of carboxylic acids is 1. The summed E-state index contributed by atoms with van der Waals surface area (Å²) in [6.07, 6.45) is 3.81. The van der Waals surface area contributed by atoms with Gasteiger partial charge in [0, 0.05) is 18.7 Å². The molecule has 3 heteroatoms. The molecule has 0 aromatic rings. The number of nitrogens with one attached hydrogen (secondary N) is 1.